The minimum atomic E-state index is -0.402. The molecule has 0 saturated carbocycles. The van der Waals surface area contributed by atoms with Crippen LogP contribution >= 0.6 is 15.9 Å². The molecular weight excluding hydrogens is 408 g/mol. The predicted molar refractivity (Wildman–Crippen MR) is 108 cm³/mol. The highest BCUT2D eigenvalue weighted by Gasteiger charge is 2.17. The second-order valence-electron chi connectivity index (χ2n) is 6.05. The molecule has 0 unspecified atom stereocenters. The van der Waals surface area contributed by atoms with Gasteiger partial charge in [0.05, 0.1) is 16.3 Å². The van der Waals surface area contributed by atoms with Gasteiger partial charge in [0.1, 0.15) is 0 Å². The topological polar surface area (TPSA) is 73.3 Å². The van der Waals surface area contributed by atoms with Crippen molar-refractivity contribution < 1.29 is 4.92 Å². The van der Waals surface area contributed by atoms with Gasteiger partial charge in [0, 0.05) is 33.9 Å². The van der Waals surface area contributed by atoms with Crippen LogP contribution in [0.15, 0.2) is 65.3 Å². The number of nitrogens with zero attached hydrogens (tertiary/aromatic N) is 4. The molecule has 0 spiro atoms. The summed E-state index contributed by atoms with van der Waals surface area (Å²) in [6.07, 6.45) is 2.52. The van der Waals surface area contributed by atoms with E-state index in [1.54, 1.807) is 18.3 Å². The van der Waals surface area contributed by atoms with Gasteiger partial charge >= 0.3 is 0 Å². The molecule has 0 aliphatic heterocycles. The molecular formula is C20H15BrN4O2. The number of halogens is 1. The van der Waals surface area contributed by atoms with E-state index in [1.807, 2.05) is 34.8 Å². The maximum absolute atomic E-state index is 10.9. The highest BCUT2D eigenvalue weighted by molar-refractivity contribution is 9.10. The summed E-state index contributed by atoms with van der Waals surface area (Å²) in [4.78, 5) is 15.1. The molecule has 0 N–H and O–H groups in total. The molecule has 0 saturated heterocycles. The number of nitro groups is 1. The van der Waals surface area contributed by atoms with Gasteiger partial charge in [-0.25, -0.2) is 9.50 Å². The van der Waals surface area contributed by atoms with Crippen LogP contribution in [0.25, 0.3) is 28.0 Å². The fourth-order valence-corrected chi connectivity index (χ4v) is 3.39. The maximum atomic E-state index is 10.9. The maximum Gasteiger partial charge on any atom is 0.269 e. The summed E-state index contributed by atoms with van der Waals surface area (Å²) in [5, 5.41) is 15.7. The van der Waals surface area contributed by atoms with Crippen LogP contribution in [0.3, 0.4) is 0 Å². The number of hydrogen-bond acceptors (Lipinski definition) is 4. The SMILES string of the molecule is CCc1nn2c(-c3ccc([N+](=O)[O-])cc3)ccnc2c1-c1ccc(Br)cc1. The summed E-state index contributed by atoms with van der Waals surface area (Å²) >= 11 is 3.47. The molecule has 134 valence electrons. The van der Waals surface area contributed by atoms with Gasteiger partial charge in [-0.15, -0.1) is 0 Å². The van der Waals surface area contributed by atoms with E-state index in [4.69, 9.17) is 5.10 Å². The van der Waals surface area contributed by atoms with Crippen LogP contribution in [0, 0.1) is 10.1 Å². The standard InChI is InChI=1S/C20H15BrN4O2/c1-2-17-19(14-3-7-15(21)8-4-14)20-22-12-11-18(24(20)23-17)13-5-9-16(10-6-13)25(26)27/h3-12H,2H2,1H3. The van der Waals surface area contributed by atoms with Crippen molar-refractivity contribution in [2.75, 3.05) is 0 Å². The van der Waals surface area contributed by atoms with E-state index < -0.39 is 4.92 Å². The van der Waals surface area contributed by atoms with Gasteiger partial charge in [0.25, 0.3) is 5.69 Å². The third-order valence-corrected chi connectivity index (χ3v) is 4.96. The predicted octanol–water partition coefficient (Wildman–Crippen LogP) is 5.30. The quantitative estimate of drug-likeness (QED) is 0.330. The smallest absolute Gasteiger partial charge is 0.258 e. The second-order valence-corrected chi connectivity index (χ2v) is 6.97. The van der Waals surface area contributed by atoms with Crippen molar-refractivity contribution in [3.8, 4) is 22.4 Å². The number of hydrogen-bond donors (Lipinski definition) is 0. The largest absolute Gasteiger partial charge is 0.269 e. The Bertz CT molecular complexity index is 1140. The van der Waals surface area contributed by atoms with Crippen molar-refractivity contribution in [3.05, 3.63) is 81.1 Å². The van der Waals surface area contributed by atoms with Gasteiger partial charge in [-0.3, -0.25) is 10.1 Å². The van der Waals surface area contributed by atoms with Crippen LogP contribution in [-0.4, -0.2) is 19.5 Å². The van der Waals surface area contributed by atoms with Gasteiger partial charge in [-0.2, -0.15) is 5.10 Å². The third kappa shape index (κ3) is 3.10. The number of nitro benzene ring substituents is 1. The van der Waals surface area contributed by atoms with E-state index >= 15 is 0 Å². The number of benzene rings is 2. The van der Waals surface area contributed by atoms with Gasteiger partial charge in [-0.1, -0.05) is 35.0 Å². The van der Waals surface area contributed by atoms with Crippen LogP contribution in [0.2, 0.25) is 0 Å². The van der Waals surface area contributed by atoms with Gasteiger partial charge in [-0.05, 0) is 42.3 Å². The molecule has 2 aromatic carbocycles. The zero-order chi connectivity index (χ0) is 19.0. The van der Waals surface area contributed by atoms with Crippen LogP contribution in [-0.2, 0) is 6.42 Å². The fraction of sp³-hybridized carbons (Fsp3) is 0.100. The summed E-state index contributed by atoms with van der Waals surface area (Å²) in [7, 11) is 0. The Morgan fingerprint density at radius 1 is 1.04 bits per heavy atom. The van der Waals surface area contributed by atoms with Crippen LogP contribution in [0.5, 0.6) is 0 Å². The minimum Gasteiger partial charge on any atom is -0.258 e. The number of aromatic nitrogens is 3. The highest BCUT2D eigenvalue weighted by atomic mass is 79.9. The minimum absolute atomic E-state index is 0.0642. The molecule has 0 fully saturated rings. The van der Waals surface area contributed by atoms with E-state index in [9.17, 15) is 10.1 Å². The normalized spacial score (nSPS) is 11.0. The number of non-ortho nitro benzene ring substituents is 1. The first-order chi connectivity index (χ1) is 13.1. The van der Waals surface area contributed by atoms with Crippen molar-refractivity contribution in [1.82, 2.24) is 14.6 Å². The first kappa shape index (κ1) is 17.4. The Kier molecular flexibility index (Phi) is 4.45. The number of rotatable bonds is 4. The molecule has 0 bridgehead atoms. The van der Waals surface area contributed by atoms with Crippen molar-refractivity contribution in [1.29, 1.82) is 0 Å². The molecule has 4 aromatic rings. The highest BCUT2D eigenvalue weighted by Crippen LogP contribution is 2.31. The molecule has 4 rings (SSSR count). The summed E-state index contributed by atoms with van der Waals surface area (Å²) in [5.41, 5.74) is 5.54. The second kappa shape index (κ2) is 6.92. The Balaban J connectivity index is 1.92. The zero-order valence-electron chi connectivity index (χ0n) is 14.5. The lowest BCUT2D eigenvalue weighted by Gasteiger charge is -2.05. The third-order valence-electron chi connectivity index (χ3n) is 4.43. The van der Waals surface area contributed by atoms with E-state index in [1.165, 1.54) is 12.1 Å². The van der Waals surface area contributed by atoms with Crippen LogP contribution < -0.4 is 0 Å². The van der Waals surface area contributed by atoms with Crippen molar-refractivity contribution in [2.45, 2.75) is 13.3 Å². The van der Waals surface area contributed by atoms with Crippen molar-refractivity contribution in [3.63, 3.8) is 0 Å². The molecule has 0 aliphatic carbocycles. The van der Waals surface area contributed by atoms with Crippen molar-refractivity contribution in [2.24, 2.45) is 0 Å². The summed E-state index contributed by atoms with van der Waals surface area (Å²) < 4.78 is 2.83. The van der Waals surface area contributed by atoms with E-state index in [0.717, 1.165) is 44.6 Å². The molecule has 0 aliphatic rings. The molecule has 2 aromatic heterocycles. The number of aryl methyl sites for hydroxylation is 1. The zero-order valence-corrected chi connectivity index (χ0v) is 16.0. The molecule has 7 heteroatoms. The average Bonchev–Trinajstić information content (AvgIpc) is 3.07. The first-order valence-corrected chi connectivity index (χ1v) is 9.25. The monoisotopic (exact) mass is 422 g/mol. The molecule has 0 radical (unpaired) electrons. The molecule has 0 amide bonds. The summed E-state index contributed by atoms with van der Waals surface area (Å²) in [6, 6.07) is 16.4. The van der Waals surface area contributed by atoms with Gasteiger partial charge in [0.15, 0.2) is 5.65 Å². The molecule has 6 nitrogen and oxygen atoms in total. The van der Waals surface area contributed by atoms with Crippen molar-refractivity contribution >= 4 is 27.3 Å². The number of fused-ring (bicyclic) bond motifs is 1. The lowest BCUT2D eigenvalue weighted by Crippen LogP contribution is -1.96. The van der Waals surface area contributed by atoms with Gasteiger partial charge in [0.2, 0.25) is 0 Å². The molecule has 0 atom stereocenters. The molecule has 2 heterocycles. The van der Waals surface area contributed by atoms with Crippen LogP contribution in [0.4, 0.5) is 5.69 Å². The Labute approximate surface area is 163 Å². The Morgan fingerprint density at radius 2 is 1.70 bits per heavy atom. The molecule has 27 heavy (non-hydrogen) atoms. The van der Waals surface area contributed by atoms with Gasteiger partial charge < -0.3 is 0 Å². The fourth-order valence-electron chi connectivity index (χ4n) is 3.12. The lowest BCUT2D eigenvalue weighted by molar-refractivity contribution is -0.384. The van der Waals surface area contributed by atoms with E-state index in [0.29, 0.717) is 0 Å². The lowest BCUT2D eigenvalue weighted by atomic mass is 10.0. The van der Waals surface area contributed by atoms with E-state index in [2.05, 4.69) is 27.8 Å². The average molecular weight is 423 g/mol. The Morgan fingerprint density at radius 3 is 2.33 bits per heavy atom. The summed E-state index contributed by atoms with van der Waals surface area (Å²) in [5.74, 6) is 0. The summed E-state index contributed by atoms with van der Waals surface area (Å²) in [6.45, 7) is 2.07. The first-order valence-electron chi connectivity index (χ1n) is 8.46. The Hall–Kier alpha value is -3.06. The van der Waals surface area contributed by atoms with Crippen LogP contribution in [0.1, 0.15) is 12.6 Å². The van der Waals surface area contributed by atoms with E-state index in [-0.39, 0.29) is 5.69 Å².